The van der Waals surface area contributed by atoms with Crippen molar-refractivity contribution in [2.24, 2.45) is 0 Å². The molecule has 0 saturated heterocycles. The molecular formula is C11H12Cl2N2O4. The number of benzene rings is 1. The monoisotopic (exact) mass is 306 g/mol. The zero-order valence-electron chi connectivity index (χ0n) is 10.3. The lowest BCUT2D eigenvalue weighted by Crippen LogP contribution is -2.40. The molecule has 0 aliphatic carbocycles. The van der Waals surface area contributed by atoms with Crippen molar-refractivity contribution in [3.63, 3.8) is 0 Å². The van der Waals surface area contributed by atoms with Gasteiger partial charge < -0.3 is 10.1 Å². The van der Waals surface area contributed by atoms with Crippen molar-refractivity contribution < 1.29 is 19.2 Å². The highest BCUT2D eigenvalue weighted by Gasteiger charge is 2.23. The van der Waals surface area contributed by atoms with E-state index in [1.165, 1.54) is 19.2 Å². The van der Waals surface area contributed by atoms with E-state index in [4.69, 9.17) is 28.0 Å². The van der Waals surface area contributed by atoms with Gasteiger partial charge in [-0.15, -0.1) is 5.06 Å². The lowest BCUT2D eigenvalue weighted by molar-refractivity contribution is 0.0554. The number of carbonyl (C=O) groups excluding carboxylic acids is 2. The van der Waals surface area contributed by atoms with Crippen LogP contribution in [0.5, 0.6) is 0 Å². The van der Waals surface area contributed by atoms with E-state index in [-0.39, 0.29) is 17.3 Å². The molecule has 0 aliphatic heterocycles. The first kappa shape index (κ1) is 15.4. The number of nitrogens with one attached hydrogen (secondary N) is 1. The first-order valence-corrected chi connectivity index (χ1v) is 6.06. The second-order valence-electron chi connectivity index (χ2n) is 3.22. The molecule has 104 valence electrons. The maximum Gasteiger partial charge on any atom is 0.533 e. The summed E-state index contributed by atoms with van der Waals surface area (Å²) in [5.41, 5.74) is 0.126. The van der Waals surface area contributed by atoms with E-state index in [2.05, 4.69) is 10.1 Å². The fourth-order valence-corrected chi connectivity index (χ4v) is 1.52. The van der Waals surface area contributed by atoms with Crippen LogP contribution in [0, 0.1) is 0 Å². The number of nitrogens with zero attached hydrogens (tertiary/aromatic N) is 1. The van der Waals surface area contributed by atoms with Gasteiger partial charge in [-0.3, -0.25) is 4.84 Å². The fraction of sp³-hybridized carbons (Fsp3) is 0.273. The third kappa shape index (κ3) is 4.18. The van der Waals surface area contributed by atoms with Gasteiger partial charge in [-0.1, -0.05) is 23.2 Å². The van der Waals surface area contributed by atoms with Gasteiger partial charge in [0.05, 0.1) is 11.6 Å². The van der Waals surface area contributed by atoms with E-state index in [0.29, 0.717) is 10.1 Å². The van der Waals surface area contributed by atoms with E-state index in [1.807, 2.05) is 0 Å². The lowest BCUT2D eigenvalue weighted by Gasteiger charge is -2.21. The molecule has 0 fully saturated rings. The molecule has 0 spiro atoms. The summed E-state index contributed by atoms with van der Waals surface area (Å²) in [6.45, 7) is 1.72. The van der Waals surface area contributed by atoms with Gasteiger partial charge in [0.25, 0.3) is 0 Å². The lowest BCUT2D eigenvalue weighted by atomic mass is 10.3. The summed E-state index contributed by atoms with van der Waals surface area (Å²) >= 11 is 11.8. The Morgan fingerprint density at radius 1 is 1.37 bits per heavy atom. The summed E-state index contributed by atoms with van der Waals surface area (Å²) in [6.07, 6.45) is -1.03. The van der Waals surface area contributed by atoms with E-state index >= 15 is 0 Å². The molecule has 1 aromatic carbocycles. The average Bonchev–Trinajstić information content (AvgIpc) is 2.38. The van der Waals surface area contributed by atoms with Gasteiger partial charge in [0.2, 0.25) is 0 Å². The van der Waals surface area contributed by atoms with Crippen molar-refractivity contribution >= 4 is 41.1 Å². The molecule has 8 heteroatoms. The van der Waals surface area contributed by atoms with Crippen molar-refractivity contribution in [2.45, 2.75) is 6.92 Å². The van der Waals surface area contributed by atoms with Crippen molar-refractivity contribution in [2.75, 3.05) is 18.7 Å². The van der Waals surface area contributed by atoms with Gasteiger partial charge in [0.1, 0.15) is 5.69 Å². The van der Waals surface area contributed by atoms with Crippen LogP contribution in [0.1, 0.15) is 6.92 Å². The minimum atomic E-state index is -1.03. The van der Waals surface area contributed by atoms with E-state index in [9.17, 15) is 9.59 Å². The number of ether oxygens (including phenoxy) is 1. The van der Waals surface area contributed by atoms with E-state index in [1.54, 1.807) is 13.0 Å². The summed E-state index contributed by atoms with van der Waals surface area (Å²) in [7, 11) is 1.38. The second kappa shape index (κ2) is 7.06. The Kier molecular flexibility index (Phi) is 5.72. The van der Waals surface area contributed by atoms with Crippen LogP contribution in [0.3, 0.4) is 0 Å². The molecule has 2 amide bonds. The third-order valence-electron chi connectivity index (χ3n) is 1.95. The van der Waals surface area contributed by atoms with Crippen molar-refractivity contribution in [1.29, 1.82) is 0 Å². The zero-order chi connectivity index (χ0) is 14.4. The molecule has 0 unspecified atom stereocenters. The summed E-state index contributed by atoms with van der Waals surface area (Å²) in [5, 5.41) is 3.51. The molecule has 19 heavy (non-hydrogen) atoms. The van der Waals surface area contributed by atoms with Crippen molar-refractivity contribution in [3.05, 3.63) is 28.2 Å². The van der Waals surface area contributed by atoms with Crippen LogP contribution in [-0.4, -0.2) is 25.8 Å². The second-order valence-corrected chi connectivity index (χ2v) is 4.06. The molecule has 0 aromatic heterocycles. The number of hydrogen-bond donors (Lipinski definition) is 1. The largest absolute Gasteiger partial charge is 0.533 e. The molecule has 0 heterocycles. The van der Waals surface area contributed by atoms with Crippen LogP contribution in [0.25, 0.3) is 0 Å². The molecule has 0 aliphatic rings. The Hall–Kier alpha value is -1.66. The summed E-state index contributed by atoms with van der Waals surface area (Å²) in [4.78, 5) is 27.8. The molecule has 0 bridgehead atoms. The number of halogens is 2. The molecule has 1 N–H and O–H groups in total. The van der Waals surface area contributed by atoms with Gasteiger partial charge in [0, 0.05) is 12.1 Å². The normalized spacial score (nSPS) is 9.68. The Balaban J connectivity index is 3.06. The van der Waals surface area contributed by atoms with Crippen LogP contribution >= 0.6 is 23.2 Å². The minimum absolute atomic E-state index is 0.115. The highest BCUT2D eigenvalue weighted by molar-refractivity contribution is 6.35. The summed E-state index contributed by atoms with van der Waals surface area (Å²) in [5.74, 6) is 0. The number of anilines is 1. The minimum Gasteiger partial charge on any atom is -0.433 e. The Morgan fingerprint density at radius 3 is 2.63 bits per heavy atom. The maximum atomic E-state index is 11.7. The van der Waals surface area contributed by atoms with Gasteiger partial charge >= 0.3 is 12.2 Å². The molecule has 1 rings (SSSR count). The highest BCUT2D eigenvalue weighted by Crippen LogP contribution is 2.29. The third-order valence-corrected chi connectivity index (χ3v) is 2.51. The van der Waals surface area contributed by atoms with Gasteiger partial charge in [-0.05, 0) is 25.1 Å². The zero-order valence-corrected chi connectivity index (χ0v) is 11.8. The molecule has 0 radical (unpaired) electrons. The molecule has 6 nitrogen and oxygen atoms in total. The van der Waals surface area contributed by atoms with Gasteiger partial charge in [-0.2, -0.15) is 0 Å². The van der Waals surface area contributed by atoms with Crippen LogP contribution in [0.15, 0.2) is 18.2 Å². The quantitative estimate of drug-likeness (QED) is 0.673. The predicted octanol–water partition coefficient (Wildman–Crippen LogP) is 3.23. The van der Waals surface area contributed by atoms with Crippen LogP contribution in [0.4, 0.5) is 15.3 Å². The van der Waals surface area contributed by atoms with Crippen molar-refractivity contribution in [1.82, 2.24) is 5.32 Å². The predicted molar refractivity (Wildman–Crippen MR) is 71.5 cm³/mol. The highest BCUT2D eigenvalue weighted by atomic mass is 35.5. The molecule has 0 atom stereocenters. The number of rotatable bonds is 2. The summed E-state index contributed by atoms with van der Waals surface area (Å²) < 4.78 is 4.60. The van der Waals surface area contributed by atoms with E-state index < -0.39 is 12.2 Å². The standard InChI is InChI=1S/C11H12Cl2N2O4/c1-3-18-11(17)19-15(10(16)14-2)9-6-7(12)4-5-8(9)13/h4-6H,3H2,1-2H3,(H,14,16). The number of hydroxylamine groups is 1. The fourth-order valence-electron chi connectivity index (χ4n) is 1.16. The smallest absolute Gasteiger partial charge is 0.433 e. The Morgan fingerprint density at radius 2 is 2.05 bits per heavy atom. The van der Waals surface area contributed by atoms with Crippen LogP contribution < -0.4 is 10.4 Å². The van der Waals surface area contributed by atoms with E-state index in [0.717, 1.165) is 0 Å². The van der Waals surface area contributed by atoms with Gasteiger partial charge in [0.15, 0.2) is 0 Å². The maximum absolute atomic E-state index is 11.7. The SMILES string of the molecule is CCOC(=O)ON(C(=O)NC)c1cc(Cl)ccc1Cl. The van der Waals surface area contributed by atoms with Crippen LogP contribution in [-0.2, 0) is 9.57 Å². The number of carbonyl (C=O) groups is 2. The Labute approximate surface area is 120 Å². The van der Waals surface area contributed by atoms with Crippen molar-refractivity contribution in [3.8, 4) is 0 Å². The first-order valence-electron chi connectivity index (χ1n) is 5.31. The van der Waals surface area contributed by atoms with Gasteiger partial charge in [-0.25, -0.2) is 9.59 Å². The number of hydrogen-bond acceptors (Lipinski definition) is 4. The molecule has 1 aromatic rings. The first-order chi connectivity index (χ1) is 8.99. The average molecular weight is 307 g/mol. The number of urea groups is 1. The number of amides is 2. The van der Waals surface area contributed by atoms with Crippen LogP contribution in [0.2, 0.25) is 10.0 Å². The molecule has 0 saturated carbocycles. The Bertz CT molecular complexity index is 482. The molecular weight excluding hydrogens is 295 g/mol. The topological polar surface area (TPSA) is 67.9 Å². The summed E-state index contributed by atoms with van der Waals surface area (Å²) in [6, 6.07) is 3.71.